The molecule has 1 heterocycles. The predicted octanol–water partition coefficient (Wildman–Crippen LogP) is 1.94. The van der Waals surface area contributed by atoms with Crippen molar-refractivity contribution in [1.29, 1.82) is 0 Å². The fourth-order valence-corrected chi connectivity index (χ4v) is 1.93. The number of rotatable bonds is 8. The Kier molecular flexibility index (Phi) is 7.03. The highest BCUT2D eigenvalue weighted by atomic mass is 16.5. The minimum absolute atomic E-state index is 0.00573. The van der Waals surface area contributed by atoms with Crippen LogP contribution >= 0.6 is 0 Å². The van der Waals surface area contributed by atoms with Gasteiger partial charge >= 0.3 is 0 Å². The number of ether oxygens (including phenoxy) is 2. The maximum Gasteiger partial charge on any atom is 0.230 e. The van der Waals surface area contributed by atoms with E-state index in [4.69, 9.17) is 13.9 Å². The summed E-state index contributed by atoms with van der Waals surface area (Å²) in [6, 6.07) is 0. The molecule has 1 amide bonds. The molecule has 126 valence electrons. The Morgan fingerprint density at radius 1 is 1.18 bits per heavy atom. The number of carbonyl (C=O) groups is 1. The Morgan fingerprint density at radius 3 is 2.14 bits per heavy atom. The largest absolute Gasteiger partial charge is 0.444 e. The molecule has 0 radical (unpaired) electrons. The summed E-state index contributed by atoms with van der Waals surface area (Å²) in [6.45, 7) is 10.1. The zero-order valence-electron chi connectivity index (χ0n) is 14.6. The van der Waals surface area contributed by atoms with Crippen molar-refractivity contribution in [2.75, 3.05) is 40.5 Å². The predicted molar refractivity (Wildman–Crippen MR) is 84.0 cm³/mol. The van der Waals surface area contributed by atoms with Crippen LogP contribution in [0.15, 0.2) is 4.42 Å². The van der Waals surface area contributed by atoms with E-state index in [1.807, 2.05) is 27.7 Å². The van der Waals surface area contributed by atoms with E-state index in [1.54, 1.807) is 19.1 Å². The van der Waals surface area contributed by atoms with E-state index < -0.39 is 0 Å². The van der Waals surface area contributed by atoms with Crippen LogP contribution in [0.2, 0.25) is 0 Å². The average Bonchev–Trinajstić information content (AvgIpc) is 2.80. The van der Waals surface area contributed by atoms with Crippen LogP contribution in [-0.2, 0) is 26.1 Å². The minimum atomic E-state index is -0.169. The minimum Gasteiger partial charge on any atom is -0.444 e. The molecule has 0 bridgehead atoms. The standard InChI is InChI=1S/C16H28N2O4/c1-12-13(22-15(17-12)16(2,3)4)11-14(19)18(7-9-20-5)8-10-21-6/h7-11H2,1-6H3. The Labute approximate surface area is 132 Å². The van der Waals surface area contributed by atoms with E-state index in [2.05, 4.69) is 4.98 Å². The third kappa shape index (κ3) is 5.42. The van der Waals surface area contributed by atoms with Crippen molar-refractivity contribution >= 4 is 5.91 Å². The highest BCUT2D eigenvalue weighted by molar-refractivity contribution is 5.78. The third-order valence-corrected chi connectivity index (χ3v) is 3.33. The van der Waals surface area contributed by atoms with Crippen LogP contribution in [0.1, 0.15) is 38.1 Å². The molecule has 0 aromatic carbocycles. The van der Waals surface area contributed by atoms with E-state index in [9.17, 15) is 4.79 Å². The Hall–Kier alpha value is -1.40. The molecule has 0 saturated heterocycles. The first-order valence-electron chi connectivity index (χ1n) is 7.52. The molecule has 0 spiro atoms. The van der Waals surface area contributed by atoms with E-state index in [0.29, 0.717) is 38.0 Å². The van der Waals surface area contributed by atoms with Gasteiger partial charge in [0.15, 0.2) is 5.89 Å². The number of hydrogen-bond donors (Lipinski definition) is 0. The molecule has 6 nitrogen and oxygen atoms in total. The second-order valence-corrected chi connectivity index (χ2v) is 6.32. The van der Waals surface area contributed by atoms with E-state index in [1.165, 1.54) is 0 Å². The maximum absolute atomic E-state index is 12.5. The summed E-state index contributed by atoms with van der Waals surface area (Å²) in [6.07, 6.45) is 0.211. The first-order chi connectivity index (χ1) is 10.3. The SMILES string of the molecule is COCCN(CCOC)C(=O)Cc1oc(C(C)(C)C)nc1C. The zero-order valence-corrected chi connectivity index (χ0v) is 14.6. The van der Waals surface area contributed by atoms with Gasteiger partial charge < -0.3 is 18.8 Å². The number of carbonyl (C=O) groups excluding carboxylic acids is 1. The molecule has 1 rings (SSSR count). The molecule has 1 aromatic heterocycles. The number of aromatic nitrogens is 1. The van der Waals surface area contributed by atoms with Gasteiger partial charge in [0.05, 0.1) is 25.3 Å². The summed E-state index contributed by atoms with van der Waals surface area (Å²) < 4.78 is 15.9. The van der Waals surface area contributed by atoms with E-state index >= 15 is 0 Å². The van der Waals surface area contributed by atoms with Gasteiger partial charge in [-0.2, -0.15) is 0 Å². The highest BCUT2D eigenvalue weighted by Crippen LogP contribution is 2.24. The number of nitrogens with zero attached hydrogens (tertiary/aromatic N) is 2. The highest BCUT2D eigenvalue weighted by Gasteiger charge is 2.24. The van der Waals surface area contributed by atoms with Crippen LogP contribution in [0.4, 0.5) is 0 Å². The first kappa shape index (κ1) is 18.6. The van der Waals surface area contributed by atoms with Crippen molar-refractivity contribution in [2.45, 2.75) is 39.5 Å². The van der Waals surface area contributed by atoms with Gasteiger partial charge in [0, 0.05) is 32.7 Å². The van der Waals surface area contributed by atoms with Gasteiger partial charge in [0.1, 0.15) is 5.76 Å². The molecule has 0 aliphatic rings. The van der Waals surface area contributed by atoms with Gasteiger partial charge in [0.2, 0.25) is 5.91 Å². The number of hydrogen-bond acceptors (Lipinski definition) is 5. The summed E-state index contributed by atoms with van der Waals surface area (Å²) in [5, 5.41) is 0. The topological polar surface area (TPSA) is 64.8 Å². The summed E-state index contributed by atoms with van der Waals surface area (Å²) in [5.41, 5.74) is 0.606. The number of aryl methyl sites for hydroxylation is 1. The fraction of sp³-hybridized carbons (Fsp3) is 0.750. The van der Waals surface area contributed by atoms with Gasteiger partial charge in [-0.15, -0.1) is 0 Å². The number of oxazole rings is 1. The Bertz CT molecular complexity index is 469. The molecular weight excluding hydrogens is 284 g/mol. The van der Waals surface area contributed by atoms with Crippen molar-refractivity contribution in [3.8, 4) is 0 Å². The van der Waals surface area contributed by atoms with Crippen molar-refractivity contribution < 1.29 is 18.7 Å². The van der Waals surface area contributed by atoms with Crippen LogP contribution in [0.5, 0.6) is 0 Å². The molecule has 1 aromatic rings. The molecule has 0 unspecified atom stereocenters. The van der Waals surface area contributed by atoms with Crippen molar-refractivity contribution in [1.82, 2.24) is 9.88 Å². The molecule has 6 heteroatoms. The van der Waals surface area contributed by atoms with Gasteiger partial charge in [-0.1, -0.05) is 20.8 Å². The lowest BCUT2D eigenvalue weighted by atomic mass is 9.97. The lowest BCUT2D eigenvalue weighted by Gasteiger charge is -2.21. The molecule has 0 aliphatic heterocycles. The fourth-order valence-electron chi connectivity index (χ4n) is 1.93. The molecule has 22 heavy (non-hydrogen) atoms. The van der Waals surface area contributed by atoms with Gasteiger partial charge in [-0.3, -0.25) is 4.79 Å². The monoisotopic (exact) mass is 312 g/mol. The first-order valence-corrected chi connectivity index (χ1v) is 7.52. The molecule has 0 atom stereocenters. The van der Waals surface area contributed by atoms with Crippen LogP contribution in [-0.4, -0.2) is 56.3 Å². The number of methoxy groups -OCH3 is 2. The molecule has 0 fully saturated rings. The van der Waals surface area contributed by atoms with E-state index in [-0.39, 0.29) is 17.7 Å². The quantitative estimate of drug-likeness (QED) is 0.734. The van der Waals surface area contributed by atoms with Crippen LogP contribution in [0, 0.1) is 6.92 Å². The molecular formula is C16H28N2O4. The Balaban J connectivity index is 2.77. The third-order valence-electron chi connectivity index (χ3n) is 3.33. The average molecular weight is 312 g/mol. The van der Waals surface area contributed by atoms with Crippen LogP contribution < -0.4 is 0 Å². The van der Waals surface area contributed by atoms with Gasteiger partial charge in [-0.05, 0) is 6.92 Å². The lowest BCUT2D eigenvalue weighted by molar-refractivity contribution is -0.132. The normalized spacial score (nSPS) is 11.7. The van der Waals surface area contributed by atoms with Crippen LogP contribution in [0.25, 0.3) is 0 Å². The summed E-state index contributed by atoms with van der Waals surface area (Å²) in [7, 11) is 3.24. The van der Waals surface area contributed by atoms with Gasteiger partial charge in [-0.25, -0.2) is 4.98 Å². The van der Waals surface area contributed by atoms with Crippen molar-refractivity contribution in [2.24, 2.45) is 0 Å². The second kappa shape index (κ2) is 8.29. The smallest absolute Gasteiger partial charge is 0.230 e. The number of amides is 1. The molecule has 0 N–H and O–H groups in total. The second-order valence-electron chi connectivity index (χ2n) is 6.32. The van der Waals surface area contributed by atoms with Crippen molar-refractivity contribution in [3.05, 3.63) is 17.3 Å². The summed E-state index contributed by atoms with van der Waals surface area (Å²) in [5.74, 6) is 1.29. The zero-order chi connectivity index (χ0) is 16.8. The lowest BCUT2D eigenvalue weighted by Crippen LogP contribution is -2.37. The molecule has 0 saturated carbocycles. The van der Waals surface area contributed by atoms with Crippen molar-refractivity contribution in [3.63, 3.8) is 0 Å². The van der Waals surface area contributed by atoms with Crippen LogP contribution in [0.3, 0.4) is 0 Å². The Morgan fingerprint density at radius 2 is 1.73 bits per heavy atom. The molecule has 0 aliphatic carbocycles. The summed E-state index contributed by atoms with van der Waals surface area (Å²) in [4.78, 5) is 18.6. The van der Waals surface area contributed by atoms with Gasteiger partial charge in [0.25, 0.3) is 0 Å². The summed E-state index contributed by atoms with van der Waals surface area (Å²) >= 11 is 0. The van der Waals surface area contributed by atoms with E-state index in [0.717, 1.165) is 5.69 Å². The maximum atomic E-state index is 12.5.